The number of aromatic nitrogens is 4. The van der Waals surface area contributed by atoms with E-state index in [9.17, 15) is 18.0 Å². The number of carbonyl (C=O) groups excluding carboxylic acids is 1. The van der Waals surface area contributed by atoms with E-state index >= 15 is 0 Å². The van der Waals surface area contributed by atoms with E-state index in [0.29, 0.717) is 24.3 Å². The maximum atomic E-state index is 12.8. The van der Waals surface area contributed by atoms with Crippen molar-refractivity contribution in [1.82, 2.24) is 24.2 Å². The summed E-state index contributed by atoms with van der Waals surface area (Å²) < 4.78 is 47.2. The largest absolute Gasteiger partial charge is 0.495 e. The van der Waals surface area contributed by atoms with Crippen LogP contribution in [0.1, 0.15) is 43.5 Å². The zero-order valence-electron chi connectivity index (χ0n) is 23.6. The highest BCUT2D eigenvalue weighted by molar-refractivity contribution is 5.76. The van der Waals surface area contributed by atoms with E-state index in [-0.39, 0.29) is 12.5 Å². The van der Waals surface area contributed by atoms with Gasteiger partial charge in [-0.3, -0.25) is 9.48 Å². The average Bonchev–Trinajstić information content (AvgIpc) is 3.57. The minimum absolute atomic E-state index is 0.0395. The molecule has 2 heterocycles. The van der Waals surface area contributed by atoms with E-state index in [1.165, 1.54) is 16.3 Å². The first-order chi connectivity index (χ1) is 19.0. The van der Waals surface area contributed by atoms with Gasteiger partial charge >= 0.3 is 6.18 Å². The number of rotatable bonds is 9. The van der Waals surface area contributed by atoms with Gasteiger partial charge in [-0.1, -0.05) is 32.0 Å². The van der Waals surface area contributed by atoms with Gasteiger partial charge in [-0.05, 0) is 62.6 Å². The van der Waals surface area contributed by atoms with E-state index in [0.717, 1.165) is 42.1 Å². The molecule has 40 heavy (non-hydrogen) atoms. The van der Waals surface area contributed by atoms with Gasteiger partial charge in [-0.25, -0.2) is 4.98 Å². The van der Waals surface area contributed by atoms with Crippen molar-refractivity contribution in [2.45, 2.75) is 53.3 Å². The topological polar surface area (TPSA) is 65.2 Å². The zero-order valence-corrected chi connectivity index (χ0v) is 23.6. The number of aryl methyl sites for hydroxylation is 2. The number of nitrogens with zero attached hydrogens (tertiary/aromatic N) is 5. The van der Waals surface area contributed by atoms with Crippen molar-refractivity contribution < 1.29 is 22.7 Å². The van der Waals surface area contributed by atoms with Gasteiger partial charge in [-0.15, -0.1) is 0 Å². The molecule has 0 bridgehead atoms. The molecule has 0 radical (unpaired) electrons. The Morgan fingerprint density at radius 1 is 1.02 bits per heavy atom. The van der Waals surface area contributed by atoms with E-state index in [1.807, 2.05) is 50.6 Å². The molecular formula is C30H36F3N5O2. The summed E-state index contributed by atoms with van der Waals surface area (Å²) in [4.78, 5) is 18.3. The third kappa shape index (κ3) is 8.21. The van der Waals surface area contributed by atoms with Crippen LogP contribution < -0.4 is 4.74 Å². The summed E-state index contributed by atoms with van der Waals surface area (Å²) in [5.74, 6) is 0.829. The molecule has 2 aromatic heterocycles. The molecule has 0 saturated heterocycles. The van der Waals surface area contributed by atoms with Gasteiger partial charge in [0.1, 0.15) is 12.3 Å². The Morgan fingerprint density at radius 2 is 1.75 bits per heavy atom. The quantitative estimate of drug-likeness (QED) is 0.230. The summed E-state index contributed by atoms with van der Waals surface area (Å²) in [6.07, 6.45) is 2.75. The van der Waals surface area contributed by atoms with Gasteiger partial charge in [0.15, 0.2) is 0 Å². The minimum Gasteiger partial charge on any atom is -0.495 e. The van der Waals surface area contributed by atoms with Crippen LogP contribution >= 0.6 is 0 Å². The lowest BCUT2D eigenvalue weighted by molar-refractivity contribution is -0.137. The number of halogens is 3. The third-order valence-corrected chi connectivity index (χ3v) is 6.09. The van der Waals surface area contributed by atoms with Crippen LogP contribution in [0.3, 0.4) is 0 Å². The van der Waals surface area contributed by atoms with Crippen molar-refractivity contribution in [1.29, 1.82) is 0 Å². The summed E-state index contributed by atoms with van der Waals surface area (Å²) >= 11 is 0. The maximum Gasteiger partial charge on any atom is 0.416 e. The van der Waals surface area contributed by atoms with Crippen molar-refractivity contribution >= 4 is 5.91 Å². The van der Waals surface area contributed by atoms with Crippen molar-refractivity contribution in [3.63, 3.8) is 0 Å². The van der Waals surface area contributed by atoms with Gasteiger partial charge in [-0.2, -0.15) is 18.3 Å². The highest BCUT2D eigenvalue weighted by Crippen LogP contribution is 2.31. The Balaban J connectivity index is 0.000000249. The van der Waals surface area contributed by atoms with Crippen molar-refractivity contribution in [2.75, 3.05) is 20.2 Å². The first-order valence-corrected chi connectivity index (χ1v) is 13.2. The normalized spacial score (nSPS) is 11.1. The van der Waals surface area contributed by atoms with Crippen LogP contribution in [0.15, 0.2) is 67.3 Å². The summed E-state index contributed by atoms with van der Waals surface area (Å²) in [7, 11) is 1.68. The Bertz CT molecular complexity index is 1390. The number of carbonyl (C=O) groups is 1. The smallest absolute Gasteiger partial charge is 0.416 e. The lowest BCUT2D eigenvalue weighted by atomic mass is 10.1. The number of alkyl halides is 3. The maximum absolute atomic E-state index is 12.8. The van der Waals surface area contributed by atoms with Gasteiger partial charge in [0.2, 0.25) is 5.91 Å². The first-order valence-electron chi connectivity index (χ1n) is 13.2. The Labute approximate surface area is 233 Å². The molecule has 7 nitrogen and oxygen atoms in total. The number of methoxy groups -OCH3 is 1. The van der Waals surface area contributed by atoms with Gasteiger partial charge < -0.3 is 14.2 Å². The van der Waals surface area contributed by atoms with Crippen LogP contribution in [0.25, 0.3) is 16.9 Å². The molecule has 0 saturated carbocycles. The lowest BCUT2D eigenvalue weighted by Gasteiger charge is -2.21. The van der Waals surface area contributed by atoms with Crippen LogP contribution in [-0.2, 0) is 17.5 Å². The number of imidazole rings is 1. The van der Waals surface area contributed by atoms with Crippen molar-refractivity contribution in [3.8, 4) is 22.7 Å². The van der Waals surface area contributed by atoms with Crippen LogP contribution in [0.2, 0.25) is 0 Å². The van der Waals surface area contributed by atoms with Gasteiger partial charge in [0, 0.05) is 31.0 Å². The van der Waals surface area contributed by atoms with Gasteiger partial charge in [0.05, 0.1) is 36.1 Å². The van der Waals surface area contributed by atoms with Gasteiger partial charge in [0.25, 0.3) is 0 Å². The second-order valence-corrected chi connectivity index (χ2v) is 9.46. The summed E-state index contributed by atoms with van der Waals surface area (Å²) in [5, 5.41) is 4.25. The predicted molar refractivity (Wildman–Crippen MR) is 149 cm³/mol. The molecule has 0 N–H and O–H groups in total. The molecule has 0 unspecified atom stereocenters. The molecule has 0 aliphatic rings. The standard InChI is InChI=1S/C18H22F3N3O.C12H14N2O/c1-3-9-23(10-4-2)17(25)13-24-11-8-16(22-24)14-6-5-7-15(12-14)18(19,20)21;1-9-4-5-11(12(6-9)15-3)14-7-10(2)13-8-14/h5-8,11-12H,3-4,9-10,13H2,1-2H3;4-8H,1-3H3. The van der Waals surface area contributed by atoms with Crippen molar-refractivity contribution in [2.24, 2.45) is 0 Å². The molecule has 0 fully saturated rings. The Kier molecular flexibility index (Phi) is 10.5. The van der Waals surface area contributed by atoms with E-state index in [2.05, 4.69) is 16.1 Å². The molecular weight excluding hydrogens is 519 g/mol. The number of ether oxygens (including phenoxy) is 1. The third-order valence-electron chi connectivity index (χ3n) is 6.09. The molecule has 0 atom stereocenters. The van der Waals surface area contributed by atoms with E-state index in [4.69, 9.17) is 4.74 Å². The number of benzene rings is 2. The SMILES string of the molecule is CCCN(CCC)C(=O)Cn1ccc(-c2cccc(C(F)(F)F)c2)n1.COc1cc(C)ccc1-n1cnc(C)c1. The average molecular weight is 556 g/mol. The lowest BCUT2D eigenvalue weighted by Crippen LogP contribution is -2.35. The first kappa shape index (κ1) is 30.5. The van der Waals surface area contributed by atoms with Crippen LogP contribution in [0.5, 0.6) is 5.75 Å². The summed E-state index contributed by atoms with van der Waals surface area (Å²) in [5.41, 5.74) is 3.28. The predicted octanol–water partition coefficient (Wildman–Crippen LogP) is 6.72. The fraction of sp³-hybridized carbons (Fsp3) is 0.367. The Morgan fingerprint density at radius 3 is 2.35 bits per heavy atom. The zero-order chi connectivity index (χ0) is 29.3. The molecule has 1 amide bonds. The second-order valence-electron chi connectivity index (χ2n) is 9.46. The monoisotopic (exact) mass is 555 g/mol. The number of hydrogen-bond donors (Lipinski definition) is 0. The molecule has 10 heteroatoms. The fourth-order valence-corrected chi connectivity index (χ4v) is 4.15. The molecule has 0 spiro atoms. The molecule has 0 aliphatic heterocycles. The number of amides is 1. The van der Waals surface area contributed by atoms with Crippen molar-refractivity contribution in [3.05, 3.63) is 84.1 Å². The van der Waals surface area contributed by atoms with Crippen LogP contribution in [0.4, 0.5) is 13.2 Å². The molecule has 4 rings (SSSR count). The number of hydrogen-bond acceptors (Lipinski definition) is 4. The highest BCUT2D eigenvalue weighted by atomic mass is 19.4. The molecule has 4 aromatic rings. The summed E-state index contributed by atoms with van der Waals surface area (Å²) in [6, 6.07) is 12.8. The van der Waals surface area contributed by atoms with E-state index < -0.39 is 11.7 Å². The molecule has 214 valence electrons. The van der Waals surface area contributed by atoms with E-state index in [1.54, 1.807) is 36.7 Å². The minimum atomic E-state index is -4.39. The molecule has 2 aromatic carbocycles. The van der Waals surface area contributed by atoms with Crippen LogP contribution in [-0.4, -0.2) is 50.3 Å². The van der Waals surface area contributed by atoms with Crippen LogP contribution in [0, 0.1) is 13.8 Å². The Hall–Kier alpha value is -4.08. The second kappa shape index (κ2) is 13.8. The molecule has 0 aliphatic carbocycles. The summed E-state index contributed by atoms with van der Waals surface area (Å²) in [6.45, 7) is 9.50. The highest BCUT2D eigenvalue weighted by Gasteiger charge is 2.30. The fourth-order valence-electron chi connectivity index (χ4n) is 4.15.